The second-order valence-electron chi connectivity index (χ2n) is 7.61. The molecule has 0 spiro atoms. The van der Waals surface area contributed by atoms with Crippen molar-refractivity contribution in [3.05, 3.63) is 46.8 Å². The van der Waals surface area contributed by atoms with Gasteiger partial charge in [0, 0.05) is 30.2 Å². The molecule has 2 saturated carbocycles. The molecular formula is C21H26N2O2. The normalized spacial score (nSPS) is 18.4. The highest BCUT2D eigenvalue weighted by molar-refractivity contribution is 5.82. The van der Waals surface area contributed by atoms with Crippen LogP contribution < -0.4 is 5.43 Å². The Morgan fingerprint density at radius 3 is 2.56 bits per heavy atom. The number of carbonyl (C=O) groups excluding carboxylic acids is 1. The van der Waals surface area contributed by atoms with Gasteiger partial charge in [0.25, 0.3) is 0 Å². The summed E-state index contributed by atoms with van der Waals surface area (Å²) in [5.74, 6) is 0.907. The Bertz CT molecular complexity index is 816. The Morgan fingerprint density at radius 1 is 1.04 bits per heavy atom. The van der Waals surface area contributed by atoms with Crippen LogP contribution in [0, 0.1) is 5.92 Å². The Balaban J connectivity index is 1.58. The van der Waals surface area contributed by atoms with E-state index in [1.807, 2.05) is 28.8 Å². The van der Waals surface area contributed by atoms with Crippen LogP contribution in [0.4, 0.5) is 0 Å². The van der Waals surface area contributed by atoms with E-state index in [0.717, 1.165) is 24.9 Å². The second-order valence-corrected chi connectivity index (χ2v) is 7.61. The van der Waals surface area contributed by atoms with E-state index in [9.17, 15) is 9.59 Å². The minimum atomic E-state index is 0.0152. The van der Waals surface area contributed by atoms with Crippen molar-refractivity contribution in [2.24, 2.45) is 5.92 Å². The number of aromatic nitrogens is 1. The Hall–Kier alpha value is -2.10. The molecule has 25 heavy (non-hydrogen) atoms. The van der Waals surface area contributed by atoms with E-state index in [1.165, 1.54) is 32.1 Å². The fraction of sp³-hybridized carbons (Fsp3) is 0.524. The number of rotatable bonds is 5. The lowest BCUT2D eigenvalue weighted by molar-refractivity contribution is -0.135. The third-order valence-electron chi connectivity index (χ3n) is 5.68. The molecule has 0 radical (unpaired) electrons. The summed E-state index contributed by atoms with van der Waals surface area (Å²) in [6.45, 7) is 1.24. The third kappa shape index (κ3) is 3.63. The molecule has 1 aromatic heterocycles. The van der Waals surface area contributed by atoms with Crippen molar-refractivity contribution in [1.29, 1.82) is 0 Å². The molecule has 1 amide bonds. The zero-order chi connectivity index (χ0) is 17.2. The van der Waals surface area contributed by atoms with Gasteiger partial charge in [0.2, 0.25) is 5.91 Å². The summed E-state index contributed by atoms with van der Waals surface area (Å²) in [5.41, 5.74) is 0.861. The first kappa shape index (κ1) is 16.4. The largest absolute Gasteiger partial charge is 0.338 e. The van der Waals surface area contributed by atoms with Crippen LogP contribution >= 0.6 is 0 Å². The number of amides is 1. The van der Waals surface area contributed by atoms with E-state index in [1.54, 1.807) is 12.3 Å². The number of pyridine rings is 1. The molecule has 2 aromatic rings. The summed E-state index contributed by atoms with van der Waals surface area (Å²) in [4.78, 5) is 27.3. The number of benzene rings is 1. The van der Waals surface area contributed by atoms with E-state index in [0.29, 0.717) is 23.9 Å². The first-order valence-electron chi connectivity index (χ1n) is 9.60. The van der Waals surface area contributed by atoms with E-state index in [-0.39, 0.29) is 11.3 Å². The molecule has 1 heterocycles. The maximum Gasteiger partial charge on any atom is 0.242 e. The van der Waals surface area contributed by atoms with Crippen LogP contribution in [0.3, 0.4) is 0 Å². The highest BCUT2D eigenvalue weighted by atomic mass is 16.2. The Morgan fingerprint density at radius 2 is 1.80 bits per heavy atom. The molecule has 2 fully saturated rings. The lowest BCUT2D eigenvalue weighted by Crippen LogP contribution is -2.44. The van der Waals surface area contributed by atoms with E-state index in [4.69, 9.17) is 0 Å². The van der Waals surface area contributed by atoms with Gasteiger partial charge in [-0.05, 0) is 43.7 Å². The quantitative estimate of drug-likeness (QED) is 0.836. The molecule has 0 atom stereocenters. The minimum Gasteiger partial charge on any atom is -0.338 e. The summed E-state index contributed by atoms with van der Waals surface area (Å²) in [5, 5.41) is 0.684. The van der Waals surface area contributed by atoms with E-state index >= 15 is 0 Å². The topological polar surface area (TPSA) is 42.3 Å². The Kier molecular flexibility index (Phi) is 4.60. The first-order chi connectivity index (χ1) is 12.2. The van der Waals surface area contributed by atoms with Crippen molar-refractivity contribution in [2.75, 3.05) is 6.54 Å². The molecule has 2 aliphatic rings. The van der Waals surface area contributed by atoms with Gasteiger partial charge >= 0.3 is 0 Å². The van der Waals surface area contributed by atoms with Gasteiger partial charge in [-0.15, -0.1) is 0 Å². The fourth-order valence-electron chi connectivity index (χ4n) is 4.06. The lowest BCUT2D eigenvalue weighted by Gasteiger charge is -2.35. The maximum atomic E-state index is 13.1. The molecule has 1 aromatic carbocycles. The highest BCUT2D eigenvalue weighted by Crippen LogP contribution is 2.32. The van der Waals surface area contributed by atoms with Crippen molar-refractivity contribution in [3.8, 4) is 0 Å². The minimum absolute atomic E-state index is 0.0152. The summed E-state index contributed by atoms with van der Waals surface area (Å²) < 4.78 is 1.93. The van der Waals surface area contributed by atoms with Crippen LogP contribution in [0.15, 0.2) is 41.3 Å². The number of hydrogen-bond donors (Lipinski definition) is 0. The van der Waals surface area contributed by atoms with E-state index in [2.05, 4.69) is 4.90 Å². The average molecular weight is 338 g/mol. The van der Waals surface area contributed by atoms with Crippen LogP contribution in [0.2, 0.25) is 0 Å². The van der Waals surface area contributed by atoms with Crippen LogP contribution in [-0.2, 0) is 11.3 Å². The summed E-state index contributed by atoms with van der Waals surface area (Å²) in [6.07, 6.45) is 10.3. The predicted molar refractivity (Wildman–Crippen MR) is 99.5 cm³/mol. The monoisotopic (exact) mass is 338 g/mol. The number of nitrogens with zero attached hydrogens (tertiary/aromatic N) is 2. The first-order valence-corrected chi connectivity index (χ1v) is 9.60. The van der Waals surface area contributed by atoms with Gasteiger partial charge in [-0.1, -0.05) is 31.4 Å². The zero-order valence-corrected chi connectivity index (χ0v) is 14.7. The van der Waals surface area contributed by atoms with Crippen molar-refractivity contribution >= 4 is 16.8 Å². The lowest BCUT2D eigenvalue weighted by atomic mass is 9.94. The maximum absolute atomic E-state index is 13.1. The predicted octanol–water partition coefficient (Wildman–Crippen LogP) is 3.57. The van der Waals surface area contributed by atoms with Gasteiger partial charge < -0.3 is 9.47 Å². The van der Waals surface area contributed by atoms with Gasteiger partial charge in [-0.2, -0.15) is 0 Å². The van der Waals surface area contributed by atoms with Crippen LogP contribution in [0.5, 0.6) is 0 Å². The Labute approximate surface area is 148 Å². The molecule has 0 aliphatic heterocycles. The summed E-state index contributed by atoms with van der Waals surface area (Å²) >= 11 is 0. The SMILES string of the molecule is O=C(Cn1ccc(=O)c2ccccc21)N(CC1CC1)C1CCCCC1. The second kappa shape index (κ2) is 7.03. The molecule has 4 heteroatoms. The van der Waals surface area contributed by atoms with Gasteiger partial charge in [0.15, 0.2) is 5.43 Å². The van der Waals surface area contributed by atoms with Crippen molar-refractivity contribution in [3.63, 3.8) is 0 Å². The number of carbonyl (C=O) groups is 1. The summed E-state index contributed by atoms with van der Waals surface area (Å²) in [6, 6.07) is 9.54. The number of fused-ring (bicyclic) bond motifs is 1. The summed E-state index contributed by atoms with van der Waals surface area (Å²) in [7, 11) is 0. The molecule has 0 bridgehead atoms. The molecule has 2 aliphatic carbocycles. The van der Waals surface area contributed by atoms with Gasteiger partial charge in [-0.3, -0.25) is 9.59 Å². The van der Waals surface area contributed by atoms with Gasteiger partial charge in [0.1, 0.15) is 6.54 Å². The standard InChI is InChI=1S/C21H26N2O2/c24-20-12-13-22(19-9-5-4-8-18(19)20)15-21(25)23(14-16-10-11-16)17-6-2-1-3-7-17/h4-5,8-9,12-13,16-17H,1-3,6-7,10-11,14-15H2. The van der Waals surface area contributed by atoms with Crippen LogP contribution in [-0.4, -0.2) is 28.0 Å². The third-order valence-corrected chi connectivity index (χ3v) is 5.68. The average Bonchev–Trinajstić information content (AvgIpc) is 3.47. The number of para-hydroxylation sites is 1. The number of hydrogen-bond acceptors (Lipinski definition) is 2. The molecule has 0 unspecified atom stereocenters. The van der Waals surface area contributed by atoms with Crippen molar-refractivity contribution < 1.29 is 4.79 Å². The molecular weight excluding hydrogens is 312 g/mol. The van der Waals surface area contributed by atoms with Crippen LogP contribution in [0.1, 0.15) is 44.9 Å². The van der Waals surface area contributed by atoms with Gasteiger partial charge in [0.05, 0.1) is 5.52 Å². The highest BCUT2D eigenvalue weighted by Gasteiger charge is 2.31. The molecule has 4 rings (SSSR count). The fourth-order valence-corrected chi connectivity index (χ4v) is 4.06. The smallest absolute Gasteiger partial charge is 0.242 e. The molecule has 4 nitrogen and oxygen atoms in total. The van der Waals surface area contributed by atoms with Gasteiger partial charge in [-0.25, -0.2) is 0 Å². The van der Waals surface area contributed by atoms with Crippen LogP contribution in [0.25, 0.3) is 10.9 Å². The zero-order valence-electron chi connectivity index (χ0n) is 14.7. The molecule has 0 N–H and O–H groups in total. The van der Waals surface area contributed by atoms with Crippen molar-refractivity contribution in [2.45, 2.75) is 57.5 Å². The molecule has 132 valence electrons. The van der Waals surface area contributed by atoms with Crippen molar-refractivity contribution in [1.82, 2.24) is 9.47 Å². The molecule has 0 saturated heterocycles. The van der Waals surface area contributed by atoms with E-state index < -0.39 is 0 Å².